The molecule has 0 radical (unpaired) electrons. The van der Waals surface area contributed by atoms with Gasteiger partial charge in [-0.25, -0.2) is 0 Å². The minimum Gasteiger partial charge on any atom is -0.493 e. The van der Waals surface area contributed by atoms with Crippen molar-refractivity contribution in [2.75, 3.05) is 20.8 Å². The van der Waals surface area contributed by atoms with Crippen molar-refractivity contribution in [2.24, 2.45) is 0 Å². The van der Waals surface area contributed by atoms with Gasteiger partial charge < -0.3 is 14.6 Å². The number of carbonyl (C=O) groups excluding carboxylic acids is 1. The molecular weight excluding hydrogens is 196 g/mol. The first kappa shape index (κ1) is 11.5. The summed E-state index contributed by atoms with van der Waals surface area (Å²) >= 11 is 0. The average molecular weight is 210 g/mol. The molecule has 0 aromatic heterocycles. The second kappa shape index (κ2) is 5.36. The van der Waals surface area contributed by atoms with Crippen molar-refractivity contribution in [3.05, 3.63) is 23.3 Å². The second-order valence-corrected chi connectivity index (χ2v) is 2.97. The van der Waals surface area contributed by atoms with Gasteiger partial charge in [-0.15, -0.1) is 0 Å². The summed E-state index contributed by atoms with van der Waals surface area (Å²) in [6, 6.07) is 3.40. The number of hydrogen-bond acceptors (Lipinski definition) is 4. The molecule has 1 aromatic rings. The summed E-state index contributed by atoms with van der Waals surface area (Å²) in [7, 11) is 2.99. The van der Waals surface area contributed by atoms with Crippen molar-refractivity contribution in [3.63, 3.8) is 0 Å². The van der Waals surface area contributed by atoms with Gasteiger partial charge in [0.1, 0.15) is 0 Å². The predicted octanol–water partition coefficient (Wildman–Crippen LogP) is 1.05. The van der Waals surface area contributed by atoms with Gasteiger partial charge in [0.15, 0.2) is 17.8 Å². The zero-order valence-electron chi connectivity index (χ0n) is 8.82. The number of rotatable bonds is 5. The summed E-state index contributed by atoms with van der Waals surface area (Å²) in [6.45, 7) is 0.0277. The van der Waals surface area contributed by atoms with Crippen LogP contribution in [0.25, 0.3) is 0 Å². The van der Waals surface area contributed by atoms with E-state index in [2.05, 4.69) is 0 Å². The summed E-state index contributed by atoms with van der Waals surface area (Å²) in [5.74, 6) is 0.926. The molecule has 0 bridgehead atoms. The standard InChI is InChI=1S/C11H14O4/c1-14-10-8(5-6-12)3-4-9(7-13)11(10)15-2/h3-4,7,12H,5-6H2,1-2H3. The highest BCUT2D eigenvalue weighted by molar-refractivity contribution is 5.81. The first-order chi connectivity index (χ1) is 7.28. The highest BCUT2D eigenvalue weighted by Gasteiger charge is 2.13. The maximum absolute atomic E-state index is 10.7. The number of benzene rings is 1. The van der Waals surface area contributed by atoms with Crippen LogP contribution in [0.5, 0.6) is 11.5 Å². The Labute approximate surface area is 88.4 Å². The zero-order chi connectivity index (χ0) is 11.3. The molecule has 0 heterocycles. The monoisotopic (exact) mass is 210 g/mol. The number of hydrogen-bond donors (Lipinski definition) is 1. The van der Waals surface area contributed by atoms with Gasteiger partial charge in [-0.1, -0.05) is 6.07 Å². The lowest BCUT2D eigenvalue weighted by Crippen LogP contribution is -2.01. The number of methoxy groups -OCH3 is 2. The fourth-order valence-corrected chi connectivity index (χ4v) is 1.46. The lowest BCUT2D eigenvalue weighted by atomic mass is 10.1. The van der Waals surface area contributed by atoms with Crippen LogP contribution in [0.3, 0.4) is 0 Å². The van der Waals surface area contributed by atoms with Gasteiger partial charge in [-0.3, -0.25) is 4.79 Å². The van der Waals surface area contributed by atoms with E-state index in [1.807, 2.05) is 0 Å². The van der Waals surface area contributed by atoms with Crippen molar-refractivity contribution in [1.82, 2.24) is 0 Å². The lowest BCUT2D eigenvalue weighted by Gasteiger charge is -2.13. The summed E-state index contributed by atoms with van der Waals surface area (Å²) in [5, 5.41) is 8.86. The number of aliphatic hydroxyl groups is 1. The third kappa shape index (κ3) is 2.27. The Bertz CT molecular complexity index is 347. The van der Waals surface area contributed by atoms with Crippen LogP contribution < -0.4 is 9.47 Å². The van der Waals surface area contributed by atoms with Crippen molar-refractivity contribution >= 4 is 6.29 Å². The largest absolute Gasteiger partial charge is 0.493 e. The van der Waals surface area contributed by atoms with E-state index in [0.717, 1.165) is 5.56 Å². The van der Waals surface area contributed by atoms with E-state index in [9.17, 15) is 4.79 Å². The molecule has 0 aliphatic carbocycles. The van der Waals surface area contributed by atoms with Crippen LogP contribution in [0.4, 0.5) is 0 Å². The fourth-order valence-electron chi connectivity index (χ4n) is 1.46. The number of ether oxygens (including phenoxy) is 2. The quantitative estimate of drug-likeness (QED) is 0.738. The molecule has 1 rings (SSSR count). The summed E-state index contributed by atoms with van der Waals surface area (Å²) in [5.41, 5.74) is 1.26. The minimum atomic E-state index is 0.0277. The first-order valence-corrected chi connectivity index (χ1v) is 4.58. The fraction of sp³-hybridized carbons (Fsp3) is 0.364. The van der Waals surface area contributed by atoms with Gasteiger partial charge in [0, 0.05) is 12.2 Å². The molecule has 0 fully saturated rings. The SMILES string of the molecule is COc1c(C=O)ccc(CCO)c1OC. The minimum absolute atomic E-state index is 0.0277. The van der Waals surface area contributed by atoms with Crippen LogP contribution >= 0.6 is 0 Å². The molecule has 0 aliphatic rings. The van der Waals surface area contributed by atoms with Crippen LogP contribution in [0.1, 0.15) is 15.9 Å². The van der Waals surface area contributed by atoms with Crippen molar-refractivity contribution in [1.29, 1.82) is 0 Å². The number of aliphatic hydroxyl groups excluding tert-OH is 1. The van der Waals surface area contributed by atoms with E-state index in [-0.39, 0.29) is 6.61 Å². The topological polar surface area (TPSA) is 55.8 Å². The molecule has 0 aliphatic heterocycles. The smallest absolute Gasteiger partial charge is 0.171 e. The highest BCUT2D eigenvalue weighted by Crippen LogP contribution is 2.34. The molecule has 4 heteroatoms. The third-order valence-corrected chi connectivity index (χ3v) is 2.14. The average Bonchev–Trinajstić information content (AvgIpc) is 2.28. The van der Waals surface area contributed by atoms with E-state index < -0.39 is 0 Å². The Hall–Kier alpha value is -1.55. The predicted molar refractivity (Wildman–Crippen MR) is 55.7 cm³/mol. The van der Waals surface area contributed by atoms with Gasteiger partial charge >= 0.3 is 0 Å². The van der Waals surface area contributed by atoms with Crippen LogP contribution in [0, 0.1) is 0 Å². The molecule has 15 heavy (non-hydrogen) atoms. The van der Waals surface area contributed by atoms with Crippen molar-refractivity contribution in [2.45, 2.75) is 6.42 Å². The summed E-state index contributed by atoms with van der Waals surface area (Å²) in [6.07, 6.45) is 1.18. The molecule has 0 saturated heterocycles. The van der Waals surface area contributed by atoms with Crippen LogP contribution in [-0.4, -0.2) is 32.2 Å². The Morgan fingerprint density at radius 2 is 1.93 bits per heavy atom. The highest BCUT2D eigenvalue weighted by atomic mass is 16.5. The zero-order valence-corrected chi connectivity index (χ0v) is 8.82. The lowest BCUT2D eigenvalue weighted by molar-refractivity contribution is 0.112. The molecule has 4 nitrogen and oxygen atoms in total. The van der Waals surface area contributed by atoms with Crippen LogP contribution in [0.15, 0.2) is 12.1 Å². The van der Waals surface area contributed by atoms with Gasteiger partial charge in [-0.2, -0.15) is 0 Å². The van der Waals surface area contributed by atoms with E-state index in [0.29, 0.717) is 29.8 Å². The third-order valence-electron chi connectivity index (χ3n) is 2.14. The molecule has 0 spiro atoms. The Morgan fingerprint density at radius 1 is 1.27 bits per heavy atom. The van der Waals surface area contributed by atoms with Gasteiger partial charge in [0.05, 0.1) is 19.8 Å². The molecule has 0 amide bonds. The maximum atomic E-state index is 10.7. The van der Waals surface area contributed by atoms with Gasteiger partial charge in [0.2, 0.25) is 0 Å². The normalized spacial score (nSPS) is 9.80. The number of carbonyl (C=O) groups is 1. The molecule has 0 saturated carbocycles. The van der Waals surface area contributed by atoms with E-state index in [1.54, 1.807) is 12.1 Å². The van der Waals surface area contributed by atoms with Crippen molar-refractivity contribution in [3.8, 4) is 11.5 Å². The molecular formula is C11H14O4. The first-order valence-electron chi connectivity index (χ1n) is 4.58. The molecule has 0 atom stereocenters. The Kier molecular flexibility index (Phi) is 4.12. The van der Waals surface area contributed by atoms with E-state index in [1.165, 1.54) is 14.2 Å². The Morgan fingerprint density at radius 3 is 2.40 bits per heavy atom. The molecule has 0 unspecified atom stereocenters. The number of aldehydes is 1. The second-order valence-electron chi connectivity index (χ2n) is 2.97. The van der Waals surface area contributed by atoms with Crippen LogP contribution in [0.2, 0.25) is 0 Å². The Balaban J connectivity index is 3.27. The molecule has 82 valence electrons. The van der Waals surface area contributed by atoms with Gasteiger partial charge in [-0.05, 0) is 12.5 Å². The summed E-state index contributed by atoms with van der Waals surface area (Å²) in [4.78, 5) is 10.7. The molecule has 1 N–H and O–H groups in total. The van der Waals surface area contributed by atoms with E-state index in [4.69, 9.17) is 14.6 Å². The van der Waals surface area contributed by atoms with Crippen molar-refractivity contribution < 1.29 is 19.4 Å². The van der Waals surface area contributed by atoms with Gasteiger partial charge in [0.25, 0.3) is 0 Å². The summed E-state index contributed by atoms with van der Waals surface area (Å²) < 4.78 is 10.3. The van der Waals surface area contributed by atoms with Crippen LogP contribution in [-0.2, 0) is 6.42 Å². The molecule has 1 aromatic carbocycles. The maximum Gasteiger partial charge on any atom is 0.171 e. The van der Waals surface area contributed by atoms with E-state index >= 15 is 0 Å².